The molecule has 0 saturated carbocycles. The molecule has 138 valence electrons. The van der Waals surface area contributed by atoms with Crippen LogP contribution in [0.5, 0.6) is 11.5 Å². The number of carbonyl (C=O) groups is 1. The molecule has 3 aromatic rings. The van der Waals surface area contributed by atoms with Gasteiger partial charge in [-0.2, -0.15) is 5.10 Å². The van der Waals surface area contributed by atoms with Crippen LogP contribution in [-0.4, -0.2) is 23.8 Å². The molecule has 0 saturated heterocycles. The second kappa shape index (κ2) is 8.36. The van der Waals surface area contributed by atoms with E-state index in [1.807, 2.05) is 54.6 Å². The summed E-state index contributed by atoms with van der Waals surface area (Å²) >= 11 is 0. The van der Waals surface area contributed by atoms with E-state index in [0.717, 1.165) is 10.8 Å². The average molecular weight is 362 g/mol. The molecule has 5 nitrogen and oxygen atoms in total. The lowest BCUT2D eigenvalue weighted by Gasteiger charge is -2.08. The van der Waals surface area contributed by atoms with Crippen molar-refractivity contribution in [2.75, 3.05) is 6.61 Å². The molecule has 1 amide bonds. The summed E-state index contributed by atoms with van der Waals surface area (Å²) in [6, 6.07) is 18.8. The molecule has 3 rings (SSSR count). The number of phenols is 1. The van der Waals surface area contributed by atoms with E-state index in [1.54, 1.807) is 6.07 Å². The number of nitrogens with one attached hydrogen (secondary N) is 1. The number of amides is 1. The van der Waals surface area contributed by atoms with Gasteiger partial charge < -0.3 is 9.84 Å². The Morgan fingerprint density at radius 1 is 1.11 bits per heavy atom. The van der Waals surface area contributed by atoms with Gasteiger partial charge in [-0.1, -0.05) is 56.3 Å². The van der Waals surface area contributed by atoms with E-state index < -0.39 is 0 Å². The monoisotopic (exact) mass is 362 g/mol. The zero-order valence-corrected chi connectivity index (χ0v) is 15.3. The Hall–Kier alpha value is -3.34. The molecular formula is C22H22N2O3. The van der Waals surface area contributed by atoms with Gasteiger partial charge in [0.05, 0.1) is 6.21 Å². The number of hydrogen-bond acceptors (Lipinski definition) is 4. The lowest BCUT2D eigenvalue weighted by Crippen LogP contribution is -2.24. The SMILES string of the molecule is CC(C)c1ccc(OCC(=O)NN=Cc2c(O)ccc3ccccc23)cc1. The largest absolute Gasteiger partial charge is 0.507 e. The highest BCUT2D eigenvalue weighted by Crippen LogP contribution is 2.25. The van der Waals surface area contributed by atoms with Gasteiger partial charge in [0.2, 0.25) is 0 Å². The highest BCUT2D eigenvalue weighted by atomic mass is 16.5. The predicted molar refractivity (Wildman–Crippen MR) is 107 cm³/mol. The molecule has 0 spiro atoms. The second-order valence-electron chi connectivity index (χ2n) is 6.53. The molecular weight excluding hydrogens is 340 g/mol. The summed E-state index contributed by atoms with van der Waals surface area (Å²) < 4.78 is 5.46. The molecule has 2 N–H and O–H groups in total. The van der Waals surface area contributed by atoms with Crippen molar-refractivity contribution in [2.45, 2.75) is 19.8 Å². The van der Waals surface area contributed by atoms with Gasteiger partial charge in [0.15, 0.2) is 6.61 Å². The minimum Gasteiger partial charge on any atom is -0.507 e. The first-order chi connectivity index (χ1) is 13.0. The number of phenolic OH excluding ortho intramolecular Hbond substituents is 1. The summed E-state index contributed by atoms with van der Waals surface area (Å²) in [4.78, 5) is 11.9. The first-order valence-corrected chi connectivity index (χ1v) is 8.80. The van der Waals surface area contributed by atoms with E-state index >= 15 is 0 Å². The number of carbonyl (C=O) groups excluding carboxylic acids is 1. The summed E-state index contributed by atoms with van der Waals surface area (Å²) in [6.07, 6.45) is 1.44. The Morgan fingerprint density at radius 3 is 2.59 bits per heavy atom. The van der Waals surface area contributed by atoms with Crippen molar-refractivity contribution in [3.05, 3.63) is 71.8 Å². The molecule has 0 aliphatic carbocycles. The normalized spacial score (nSPS) is 11.2. The van der Waals surface area contributed by atoms with Gasteiger partial charge >= 0.3 is 0 Å². The van der Waals surface area contributed by atoms with Gasteiger partial charge in [-0.05, 0) is 40.5 Å². The van der Waals surface area contributed by atoms with Gasteiger partial charge in [0.1, 0.15) is 11.5 Å². The number of hydrogen-bond donors (Lipinski definition) is 2. The molecule has 0 fully saturated rings. The molecule has 0 atom stereocenters. The highest BCUT2D eigenvalue weighted by molar-refractivity contribution is 6.02. The van der Waals surface area contributed by atoms with Crippen LogP contribution in [0, 0.1) is 0 Å². The average Bonchev–Trinajstić information content (AvgIpc) is 2.68. The van der Waals surface area contributed by atoms with E-state index in [-0.39, 0.29) is 18.3 Å². The number of rotatable bonds is 6. The van der Waals surface area contributed by atoms with Crippen molar-refractivity contribution in [1.82, 2.24) is 5.43 Å². The lowest BCUT2D eigenvalue weighted by atomic mass is 10.0. The van der Waals surface area contributed by atoms with Crippen LogP contribution in [0.25, 0.3) is 10.8 Å². The molecule has 0 bridgehead atoms. The topological polar surface area (TPSA) is 70.9 Å². The molecule has 27 heavy (non-hydrogen) atoms. The van der Waals surface area contributed by atoms with Gasteiger partial charge in [-0.15, -0.1) is 0 Å². The van der Waals surface area contributed by atoms with Crippen molar-refractivity contribution in [3.63, 3.8) is 0 Å². The quantitative estimate of drug-likeness (QED) is 0.510. The van der Waals surface area contributed by atoms with E-state index in [2.05, 4.69) is 24.4 Å². The molecule has 3 aromatic carbocycles. The van der Waals surface area contributed by atoms with Crippen LogP contribution < -0.4 is 10.2 Å². The molecule has 0 unspecified atom stereocenters. The van der Waals surface area contributed by atoms with Crippen LogP contribution in [0.4, 0.5) is 0 Å². The minimum absolute atomic E-state index is 0.105. The van der Waals surface area contributed by atoms with E-state index in [9.17, 15) is 9.90 Å². The number of nitrogens with zero attached hydrogens (tertiary/aromatic N) is 1. The van der Waals surface area contributed by atoms with Crippen LogP contribution in [-0.2, 0) is 4.79 Å². The van der Waals surface area contributed by atoms with Gasteiger partial charge in [0, 0.05) is 5.56 Å². The van der Waals surface area contributed by atoms with Gasteiger partial charge in [-0.3, -0.25) is 4.79 Å². The van der Waals surface area contributed by atoms with Gasteiger partial charge in [0.25, 0.3) is 5.91 Å². The third kappa shape index (κ3) is 4.64. The van der Waals surface area contributed by atoms with Crippen LogP contribution >= 0.6 is 0 Å². The first kappa shape index (κ1) is 18.5. The van der Waals surface area contributed by atoms with E-state index in [1.165, 1.54) is 11.8 Å². The Balaban J connectivity index is 1.58. The minimum atomic E-state index is -0.376. The molecule has 0 aliphatic rings. The number of fused-ring (bicyclic) bond motifs is 1. The van der Waals surface area contributed by atoms with E-state index in [0.29, 0.717) is 17.2 Å². The maximum atomic E-state index is 11.9. The number of hydrazone groups is 1. The van der Waals surface area contributed by atoms with Crippen molar-refractivity contribution in [1.29, 1.82) is 0 Å². The third-order valence-corrected chi connectivity index (χ3v) is 4.25. The molecule has 0 radical (unpaired) electrons. The Bertz CT molecular complexity index is 963. The summed E-state index contributed by atoms with van der Waals surface area (Å²) in [5, 5.41) is 15.8. The highest BCUT2D eigenvalue weighted by Gasteiger charge is 2.06. The van der Waals surface area contributed by atoms with Crippen molar-refractivity contribution >= 4 is 22.9 Å². The van der Waals surface area contributed by atoms with Crippen molar-refractivity contribution in [3.8, 4) is 11.5 Å². The fraction of sp³-hybridized carbons (Fsp3) is 0.182. The summed E-state index contributed by atoms with van der Waals surface area (Å²) in [5.74, 6) is 0.805. The summed E-state index contributed by atoms with van der Waals surface area (Å²) in [5.41, 5.74) is 4.19. The maximum Gasteiger partial charge on any atom is 0.277 e. The lowest BCUT2D eigenvalue weighted by molar-refractivity contribution is -0.123. The van der Waals surface area contributed by atoms with Crippen LogP contribution in [0.3, 0.4) is 0 Å². The van der Waals surface area contributed by atoms with Crippen LogP contribution in [0.1, 0.15) is 30.9 Å². The standard InChI is InChI=1S/C22H22N2O3/c1-15(2)16-7-10-18(11-8-16)27-14-22(26)24-23-13-20-19-6-4-3-5-17(19)9-12-21(20)25/h3-13,15,25H,14H2,1-2H3,(H,24,26). The summed E-state index contributed by atoms with van der Waals surface area (Å²) in [7, 11) is 0. The van der Waals surface area contributed by atoms with Crippen molar-refractivity contribution < 1.29 is 14.6 Å². The zero-order valence-electron chi connectivity index (χ0n) is 15.3. The van der Waals surface area contributed by atoms with Crippen molar-refractivity contribution in [2.24, 2.45) is 5.10 Å². The predicted octanol–water partition coefficient (Wildman–Crippen LogP) is 4.20. The zero-order chi connectivity index (χ0) is 19.2. The summed E-state index contributed by atoms with van der Waals surface area (Å²) in [6.45, 7) is 4.10. The Kier molecular flexibility index (Phi) is 5.71. The fourth-order valence-corrected chi connectivity index (χ4v) is 2.72. The molecule has 5 heteroatoms. The number of aromatic hydroxyl groups is 1. The first-order valence-electron chi connectivity index (χ1n) is 8.80. The molecule has 0 heterocycles. The maximum absolute atomic E-state index is 11.9. The second-order valence-corrected chi connectivity index (χ2v) is 6.53. The Labute approximate surface area is 158 Å². The van der Waals surface area contributed by atoms with Crippen LogP contribution in [0.2, 0.25) is 0 Å². The van der Waals surface area contributed by atoms with Crippen LogP contribution in [0.15, 0.2) is 65.8 Å². The fourth-order valence-electron chi connectivity index (χ4n) is 2.72. The molecule has 0 aromatic heterocycles. The number of benzene rings is 3. The van der Waals surface area contributed by atoms with Gasteiger partial charge in [-0.25, -0.2) is 5.43 Å². The third-order valence-electron chi connectivity index (χ3n) is 4.25. The van der Waals surface area contributed by atoms with E-state index in [4.69, 9.17) is 4.74 Å². The molecule has 0 aliphatic heterocycles. The smallest absolute Gasteiger partial charge is 0.277 e. The number of ether oxygens (including phenoxy) is 1. The Morgan fingerprint density at radius 2 is 1.85 bits per heavy atom.